The van der Waals surface area contributed by atoms with E-state index in [1.165, 1.54) is 77.0 Å². The number of unbranched alkanes of at least 4 members (excludes halogenated alkanes) is 3. The van der Waals surface area contributed by atoms with Gasteiger partial charge in [0.15, 0.2) is 0 Å². The lowest BCUT2D eigenvalue weighted by Gasteiger charge is -2.58. The standard InChI is InChI=1S/C35H59O/c1-8-10-11-12-23-36-29-19-21-34(6)28(24-29)15-16-30-32-18-17-31(35(32,7)22-20-33(30)34)26(5)13-14-27(9-2)25(3)4/h13-15,25-27,29-33H,1,8-12,16-24H2,2-7H3/t26-,27-,29+,30?,31-,32?,33?,34+,35-/m1/s1. The number of rotatable bonds is 11. The minimum absolute atomic E-state index is 0.438. The summed E-state index contributed by atoms with van der Waals surface area (Å²) in [5, 5.41) is 0. The summed E-state index contributed by atoms with van der Waals surface area (Å²) < 4.78 is 6.38. The van der Waals surface area contributed by atoms with E-state index in [0.717, 1.165) is 54.5 Å². The Hall–Kier alpha value is -0.560. The van der Waals surface area contributed by atoms with E-state index in [-0.39, 0.29) is 0 Å². The maximum Gasteiger partial charge on any atom is 0.0612 e. The highest BCUT2D eigenvalue weighted by Crippen LogP contribution is 2.67. The second-order valence-corrected chi connectivity index (χ2v) is 14.2. The van der Waals surface area contributed by atoms with Crippen molar-refractivity contribution in [3.63, 3.8) is 0 Å². The van der Waals surface area contributed by atoms with E-state index in [1.807, 2.05) is 0 Å². The lowest BCUT2D eigenvalue weighted by molar-refractivity contribution is -0.0615. The molecule has 3 saturated carbocycles. The van der Waals surface area contributed by atoms with Gasteiger partial charge < -0.3 is 4.74 Å². The van der Waals surface area contributed by atoms with Crippen LogP contribution in [0.1, 0.15) is 125 Å². The fourth-order valence-electron chi connectivity index (χ4n) is 9.66. The minimum atomic E-state index is 0.438. The van der Waals surface area contributed by atoms with E-state index < -0.39 is 0 Å². The molecule has 9 atom stereocenters. The zero-order chi connectivity index (χ0) is 25.9. The van der Waals surface area contributed by atoms with Crippen LogP contribution in [0.15, 0.2) is 23.8 Å². The quantitative estimate of drug-likeness (QED) is 0.204. The van der Waals surface area contributed by atoms with E-state index in [9.17, 15) is 0 Å². The molecular formula is C35H59O. The second kappa shape index (κ2) is 12.1. The first-order valence-electron chi connectivity index (χ1n) is 16.0. The molecule has 4 aliphatic rings. The van der Waals surface area contributed by atoms with Gasteiger partial charge in [0.25, 0.3) is 0 Å². The van der Waals surface area contributed by atoms with E-state index in [0.29, 0.717) is 16.9 Å². The van der Waals surface area contributed by atoms with Crippen LogP contribution in [0, 0.1) is 59.2 Å². The summed E-state index contributed by atoms with van der Waals surface area (Å²) >= 11 is 0. The summed E-state index contributed by atoms with van der Waals surface area (Å²) in [6, 6.07) is 0. The van der Waals surface area contributed by atoms with E-state index in [2.05, 4.69) is 66.7 Å². The van der Waals surface area contributed by atoms with Crippen LogP contribution in [-0.4, -0.2) is 12.7 Å². The van der Waals surface area contributed by atoms with E-state index in [4.69, 9.17) is 4.74 Å². The van der Waals surface area contributed by atoms with Crippen LogP contribution in [0.3, 0.4) is 0 Å². The van der Waals surface area contributed by atoms with Gasteiger partial charge in [-0.1, -0.05) is 91.5 Å². The van der Waals surface area contributed by atoms with Gasteiger partial charge in [0.1, 0.15) is 0 Å². The normalized spacial score (nSPS) is 40.0. The second-order valence-electron chi connectivity index (χ2n) is 14.2. The third-order valence-electron chi connectivity index (χ3n) is 12.0. The molecule has 0 bridgehead atoms. The zero-order valence-corrected chi connectivity index (χ0v) is 24.9. The number of fused-ring (bicyclic) bond motifs is 5. The lowest BCUT2D eigenvalue weighted by Crippen LogP contribution is -2.51. The van der Waals surface area contributed by atoms with Gasteiger partial charge in [-0.3, -0.25) is 0 Å². The first-order valence-corrected chi connectivity index (χ1v) is 16.0. The molecule has 1 heteroatoms. The van der Waals surface area contributed by atoms with Crippen LogP contribution >= 0.6 is 0 Å². The van der Waals surface area contributed by atoms with Crippen molar-refractivity contribution in [1.82, 2.24) is 0 Å². The maximum atomic E-state index is 6.38. The van der Waals surface area contributed by atoms with Gasteiger partial charge in [0.2, 0.25) is 0 Å². The first kappa shape index (κ1) is 28.4. The molecule has 4 aliphatic carbocycles. The Kier molecular flexibility index (Phi) is 9.55. The van der Waals surface area contributed by atoms with Crippen LogP contribution in [-0.2, 0) is 4.74 Å². The molecule has 0 N–H and O–H groups in total. The topological polar surface area (TPSA) is 9.23 Å². The molecule has 205 valence electrons. The average Bonchev–Trinajstić information content (AvgIpc) is 3.21. The molecule has 36 heavy (non-hydrogen) atoms. The monoisotopic (exact) mass is 495 g/mol. The highest BCUT2D eigenvalue weighted by Gasteiger charge is 2.59. The van der Waals surface area contributed by atoms with Crippen molar-refractivity contribution in [3.8, 4) is 0 Å². The summed E-state index contributed by atoms with van der Waals surface area (Å²) in [7, 11) is 0. The number of allylic oxidation sites excluding steroid dienone is 3. The van der Waals surface area contributed by atoms with Crippen LogP contribution in [0.5, 0.6) is 0 Å². The fraction of sp³-hybridized carbons (Fsp3) is 0.857. The van der Waals surface area contributed by atoms with Crippen molar-refractivity contribution in [2.24, 2.45) is 52.3 Å². The Morgan fingerprint density at radius 1 is 1.00 bits per heavy atom. The van der Waals surface area contributed by atoms with Crippen molar-refractivity contribution >= 4 is 0 Å². The van der Waals surface area contributed by atoms with Crippen molar-refractivity contribution in [3.05, 3.63) is 30.7 Å². The third-order valence-corrected chi connectivity index (χ3v) is 12.0. The van der Waals surface area contributed by atoms with Gasteiger partial charge in [0.05, 0.1) is 6.10 Å². The Bertz CT molecular complexity index is 763. The van der Waals surface area contributed by atoms with Crippen LogP contribution in [0.25, 0.3) is 0 Å². The Morgan fingerprint density at radius 2 is 1.81 bits per heavy atom. The molecule has 0 saturated heterocycles. The van der Waals surface area contributed by atoms with Gasteiger partial charge in [-0.2, -0.15) is 0 Å². The summed E-state index contributed by atoms with van der Waals surface area (Å²) in [5.74, 6) is 5.83. The molecule has 3 unspecified atom stereocenters. The molecule has 0 spiro atoms. The average molecular weight is 496 g/mol. The van der Waals surface area contributed by atoms with E-state index in [1.54, 1.807) is 5.57 Å². The lowest BCUT2D eigenvalue weighted by atomic mass is 9.47. The zero-order valence-electron chi connectivity index (χ0n) is 24.9. The van der Waals surface area contributed by atoms with Crippen molar-refractivity contribution in [2.45, 2.75) is 131 Å². The molecule has 0 aromatic carbocycles. The van der Waals surface area contributed by atoms with Crippen molar-refractivity contribution in [1.29, 1.82) is 0 Å². The predicted molar refractivity (Wildman–Crippen MR) is 156 cm³/mol. The molecular weight excluding hydrogens is 436 g/mol. The Labute approximate surface area is 225 Å². The highest BCUT2D eigenvalue weighted by atomic mass is 16.5. The number of ether oxygens (including phenoxy) is 1. The molecule has 1 radical (unpaired) electrons. The summed E-state index contributed by atoms with van der Waals surface area (Å²) in [4.78, 5) is 0. The molecule has 1 nitrogen and oxygen atoms in total. The summed E-state index contributed by atoms with van der Waals surface area (Å²) in [5.41, 5.74) is 2.75. The molecule has 0 aromatic rings. The van der Waals surface area contributed by atoms with Crippen molar-refractivity contribution < 1.29 is 4.74 Å². The fourth-order valence-corrected chi connectivity index (χ4v) is 9.66. The van der Waals surface area contributed by atoms with Crippen LogP contribution in [0.4, 0.5) is 0 Å². The molecule has 0 aromatic heterocycles. The van der Waals surface area contributed by atoms with Gasteiger partial charge in [0, 0.05) is 6.61 Å². The molecule has 3 fully saturated rings. The van der Waals surface area contributed by atoms with Crippen molar-refractivity contribution in [2.75, 3.05) is 6.61 Å². The number of hydrogen-bond acceptors (Lipinski definition) is 1. The minimum Gasteiger partial charge on any atom is -0.378 e. The smallest absolute Gasteiger partial charge is 0.0612 e. The van der Waals surface area contributed by atoms with Gasteiger partial charge in [-0.15, -0.1) is 0 Å². The SMILES string of the molecule is [CH2]CCCCCO[C@H]1CC[C@@]2(C)C(=CCC3C2CC[C@@]2(C)C3CC[C@@H]2[C@H](C)C=C[C@@H](CC)C(C)C)C1. The summed E-state index contributed by atoms with van der Waals surface area (Å²) in [6.45, 7) is 19.9. The largest absolute Gasteiger partial charge is 0.378 e. The summed E-state index contributed by atoms with van der Waals surface area (Å²) in [6.07, 6.45) is 25.4. The van der Waals surface area contributed by atoms with Gasteiger partial charge in [-0.25, -0.2) is 0 Å². The third kappa shape index (κ3) is 5.58. The van der Waals surface area contributed by atoms with Crippen LogP contribution in [0.2, 0.25) is 0 Å². The predicted octanol–water partition coefficient (Wildman–Crippen LogP) is 10.2. The van der Waals surface area contributed by atoms with Crippen LogP contribution < -0.4 is 0 Å². The van der Waals surface area contributed by atoms with Gasteiger partial charge >= 0.3 is 0 Å². The van der Waals surface area contributed by atoms with E-state index >= 15 is 0 Å². The molecule has 0 aliphatic heterocycles. The molecule has 0 heterocycles. The molecule has 0 amide bonds. The Morgan fingerprint density at radius 3 is 2.53 bits per heavy atom. The first-order chi connectivity index (χ1) is 17.2. The number of hydrogen-bond donors (Lipinski definition) is 0. The van der Waals surface area contributed by atoms with Gasteiger partial charge in [-0.05, 0) is 116 Å². The Balaban J connectivity index is 1.40. The maximum absolute atomic E-state index is 6.38. The molecule has 4 rings (SSSR count). The highest BCUT2D eigenvalue weighted by molar-refractivity contribution is 5.25.